The number of rotatable bonds is 8. The Morgan fingerprint density at radius 1 is 1.43 bits per heavy atom. The Morgan fingerprint density at radius 2 is 2.21 bits per heavy atom. The van der Waals surface area contributed by atoms with Crippen LogP contribution in [0.2, 0.25) is 0 Å². The number of guanidine groups is 1. The minimum absolute atomic E-state index is 0. The van der Waals surface area contributed by atoms with E-state index in [1.165, 1.54) is 12.3 Å². The van der Waals surface area contributed by atoms with Crippen LogP contribution in [0.5, 0.6) is 5.88 Å². The lowest BCUT2D eigenvalue weighted by Gasteiger charge is -2.27. The van der Waals surface area contributed by atoms with E-state index in [-0.39, 0.29) is 49.2 Å². The van der Waals surface area contributed by atoms with Crippen LogP contribution in [0.25, 0.3) is 0 Å². The molecule has 28 heavy (non-hydrogen) atoms. The van der Waals surface area contributed by atoms with E-state index in [0.717, 1.165) is 12.5 Å². The van der Waals surface area contributed by atoms with Crippen LogP contribution < -0.4 is 15.4 Å². The van der Waals surface area contributed by atoms with Gasteiger partial charge in [-0.2, -0.15) is 13.2 Å². The minimum atomic E-state index is -4.51. The molecule has 0 saturated carbocycles. The van der Waals surface area contributed by atoms with E-state index in [0.29, 0.717) is 32.1 Å². The molecule has 0 aromatic carbocycles. The van der Waals surface area contributed by atoms with Crippen molar-refractivity contribution in [3.05, 3.63) is 23.9 Å². The Morgan fingerprint density at radius 3 is 2.82 bits per heavy atom. The fourth-order valence-electron chi connectivity index (χ4n) is 2.84. The molecule has 2 heterocycles. The fraction of sp³-hybridized carbons (Fsp3) is 0.647. The van der Waals surface area contributed by atoms with Crippen molar-refractivity contribution in [2.75, 3.05) is 46.6 Å². The van der Waals surface area contributed by atoms with E-state index in [9.17, 15) is 18.3 Å². The molecule has 1 aliphatic rings. The standard InChI is InChI=1S/C17H25F3N4O3.HI/c1-21-15(24-11-16(4-8-25)5-9-26-12-16)23-7-10-27-14-13(17(18,19)20)3-2-6-22-14;/h2-3,6,25H,4-5,7-12H2,1H3,(H2,21,23,24);1H. The number of aromatic nitrogens is 1. The van der Waals surface area contributed by atoms with Crippen LogP contribution in [-0.4, -0.2) is 62.6 Å². The van der Waals surface area contributed by atoms with Crippen LogP contribution in [0.15, 0.2) is 23.3 Å². The zero-order valence-corrected chi connectivity index (χ0v) is 17.9. The summed E-state index contributed by atoms with van der Waals surface area (Å²) in [4.78, 5) is 7.73. The molecule has 1 aromatic heterocycles. The van der Waals surface area contributed by atoms with E-state index < -0.39 is 17.6 Å². The smallest absolute Gasteiger partial charge is 0.421 e. The van der Waals surface area contributed by atoms with Crippen LogP contribution in [0, 0.1) is 5.41 Å². The third-order valence-electron chi connectivity index (χ3n) is 4.39. The first-order chi connectivity index (χ1) is 12.9. The second-order valence-corrected chi connectivity index (χ2v) is 6.33. The molecule has 11 heteroatoms. The number of halogens is 4. The molecule has 2 rings (SSSR count). The highest BCUT2D eigenvalue weighted by atomic mass is 127. The number of aliphatic imine (C=N–C) groups is 1. The van der Waals surface area contributed by atoms with Gasteiger partial charge in [0.25, 0.3) is 0 Å². The number of pyridine rings is 1. The van der Waals surface area contributed by atoms with Gasteiger partial charge in [0.15, 0.2) is 5.96 Å². The van der Waals surface area contributed by atoms with Crippen molar-refractivity contribution >= 4 is 29.9 Å². The molecule has 0 radical (unpaired) electrons. The van der Waals surface area contributed by atoms with Crippen LogP contribution >= 0.6 is 24.0 Å². The van der Waals surface area contributed by atoms with Gasteiger partial charge in [0.2, 0.25) is 5.88 Å². The van der Waals surface area contributed by atoms with Gasteiger partial charge in [-0.3, -0.25) is 4.99 Å². The second-order valence-electron chi connectivity index (χ2n) is 6.33. The van der Waals surface area contributed by atoms with Crippen molar-refractivity contribution in [3.63, 3.8) is 0 Å². The van der Waals surface area contributed by atoms with E-state index in [1.54, 1.807) is 7.05 Å². The summed E-state index contributed by atoms with van der Waals surface area (Å²) in [7, 11) is 1.60. The van der Waals surface area contributed by atoms with Crippen LogP contribution in [0.1, 0.15) is 18.4 Å². The summed E-state index contributed by atoms with van der Waals surface area (Å²) < 4.78 is 49.3. The number of ether oxygens (including phenoxy) is 2. The van der Waals surface area contributed by atoms with Crippen molar-refractivity contribution in [2.24, 2.45) is 10.4 Å². The van der Waals surface area contributed by atoms with Crippen molar-refractivity contribution in [1.29, 1.82) is 0 Å². The predicted molar refractivity (Wildman–Crippen MR) is 109 cm³/mol. The molecule has 1 unspecified atom stereocenters. The largest absolute Gasteiger partial charge is 0.475 e. The monoisotopic (exact) mass is 518 g/mol. The van der Waals surface area contributed by atoms with E-state index >= 15 is 0 Å². The maximum Gasteiger partial charge on any atom is 0.421 e. The zero-order valence-electron chi connectivity index (χ0n) is 15.6. The molecule has 160 valence electrons. The summed E-state index contributed by atoms with van der Waals surface area (Å²) >= 11 is 0. The van der Waals surface area contributed by atoms with Crippen molar-refractivity contribution in [2.45, 2.75) is 19.0 Å². The van der Waals surface area contributed by atoms with Crippen molar-refractivity contribution in [1.82, 2.24) is 15.6 Å². The Labute approximate surface area is 179 Å². The summed E-state index contributed by atoms with van der Waals surface area (Å²) in [6.07, 6.45) is -1.79. The minimum Gasteiger partial charge on any atom is -0.475 e. The molecular weight excluding hydrogens is 492 g/mol. The first-order valence-electron chi connectivity index (χ1n) is 8.68. The molecule has 3 N–H and O–H groups in total. The second kappa shape index (κ2) is 11.6. The van der Waals surface area contributed by atoms with Crippen molar-refractivity contribution in [3.8, 4) is 5.88 Å². The number of aliphatic hydroxyl groups excluding tert-OH is 1. The lowest BCUT2D eigenvalue weighted by molar-refractivity contribution is -0.139. The SMILES string of the molecule is CN=C(NCCOc1ncccc1C(F)(F)F)NCC1(CCO)CCOC1.I. The molecule has 7 nitrogen and oxygen atoms in total. The normalized spacial score (nSPS) is 19.8. The number of nitrogens with zero attached hydrogens (tertiary/aromatic N) is 2. The van der Waals surface area contributed by atoms with E-state index in [4.69, 9.17) is 9.47 Å². The Balaban J connectivity index is 0.00000392. The van der Waals surface area contributed by atoms with Gasteiger partial charge in [-0.15, -0.1) is 24.0 Å². The van der Waals surface area contributed by atoms with Gasteiger partial charge >= 0.3 is 6.18 Å². The molecule has 0 bridgehead atoms. The summed E-state index contributed by atoms with van der Waals surface area (Å²) in [5.41, 5.74) is -1.04. The third-order valence-corrected chi connectivity index (χ3v) is 4.39. The highest BCUT2D eigenvalue weighted by Gasteiger charge is 2.35. The quantitative estimate of drug-likeness (QED) is 0.212. The van der Waals surface area contributed by atoms with Gasteiger partial charge in [-0.05, 0) is 25.0 Å². The molecule has 1 aliphatic heterocycles. The highest BCUT2D eigenvalue weighted by Crippen LogP contribution is 2.34. The van der Waals surface area contributed by atoms with Crippen LogP contribution in [-0.2, 0) is 10.9 Å². The van der Waals surface area contributed by atoms with Gasteiger partial charge in [-0.25, -0.2) is 4.98 Å². The molecule has 1 aromatic rings. The molecule has 1 saturated heterocycles. The average molecular weight is 518 g/mol. The average Bonchev–Trinajstić information content (AvgIpc) is 3.10. The summed E-state index contributed by atoms with van der Waals surface area (Å²) in [5, 5.41) is 15.4. The van der Waals surface area contributed by atoms with Gasteiger partial charge in [0.1, 0.15) is 12.2 Å². The maximum absolute atomic E-state index is 12.9. The first kappa shape index (κ1) is 24.7. The number of hydrogen-bond donors (Lipinski definition) is 3. The van der Waals surface area contributed by atoms with Gasteiger partial charge in [-0.1, -0.05) is 0 Å². The number of nitrogens with one attached hydrogen (secondary N) is 2. The van der Waals surface area contributed by atoms with Gasteiger partial charge < -0.3 is 25.2 Å². The molecule has 0 aliphatic carbocycles. The number of alkyl halides is 3. The van der Waals surface area contributed by atoms with Gasteiger partial charge in [0, 0.05) is 38.4 Å². The van der Waals surface area contributed by atoms with Crippen molar-refractivity contribution < 1.29 is 27.8 Å². The van der Waals surface area contributed by atoms with Crippen LogP contribution in [0.4, 0.5) is 13.2 Å². The predicted octanol–water partition coefficient (Wildman–Crippen LogP) is 2.05. The third kappa shape index (κ3) is 7.24. The molecule has 0 spiro atoms. The maximum atomic E-state index is 12.9. The summed E-state index contributed by atoms with van der Waals surface area (Å²) in [6.45, 7) is 2.12. The topological polar surface area (TPSA) is 88.0 Å². The molecular formula is C17H26F3IN4O3. The number of aliphatic hydroxyl groups is 1. The molecule has 1 fully saturated rings. The lowest BCUT2D eigenvalue weighted by atomic mass is 9.84. The van der Waals surface area contributed by atoms with E-state index in [1.807, 2.05) is 0 Å². The Hall–Kier alpha value is -1.34. The van der Waals surface area contributed by atoms with E-state index in [2.05, 4.69) is 20.6 Å². The molecule has 1 atom stereocenters. The lowest BCUT2D eigenvalue weighted by Crippen LogP contribution is -2.45. The Kier molecular flexibility index (Phi) is 10.2. The summed E-state index contributed by atoms with van der Waals surface area (Å²) in [6, 6.07) is 2.15. The Bertz CT molecular complexity index is 626. The number of hydrogen-bond acceptors (Lipinski definition) is 5. The highest BCUT2D eigenvalue weighted by molar-refractivity contribution is 14.0. The van der Waals surface area contributed by atoms with Gasteiger partial charge in [0.05, 0.1) is 13.2 Å². The summed E-state index contributed by atoms with van der Waals surface area (Å²) in [5.74, 6) is 0.0552. The zero-order chi connectivity index (χ0) is 19.8. The first-order valence-corrected chi connectivity index (χ1v) is 8.68. The fourth-order valence-corrected chi connectivity index (χ4v) is 2.84. The van der Waals surface area contributed by atoms with Crippen LogP contribution in [0.3, 0.4) is 0 Å². The molecule has 0 amide bonds.